The van der Waals surface area contributed by atoms with Crippen LogP contribution < -0.4 is 5.32 Å². The molecule has 5 heteroatoms. The molecule has 0 aliphatic heterocycles. The summed E-state index contributed by atoms with van der Waals surface area (Å²) in [7, 11) is 0. The molecule has 0 atom stereocenters. The number of carbonyl (C=O) groups is 1. The molecule has 1 aromatic heterocycles. The van der Waals surface area contributed by atoms with Crippen LogP contribution in [-0.4, -0.2) is 28.3 Å². The average Bonchev–Trinajstić information content (AvgIpc) is 2.96. The van der Waals surface area contributed by atoms with Crippen molar-refractivity contribution in [1.29, 1.82) is 0 Å². The van der Waals surface area contributed by atoms with E-state index in [-0.39, 0.29) is 12.1 Å². The van der Waals surface area contributed by atoms with Gasteiger partial charge in [0.05, 0.1) is 12.2 Å². The molecule has 0 spiro atoms. The topological polar surface area (TPSA) is 69.6 Å². The summed E-state index contributed by atoms with van der Waals surface area (Å²) in [6.45, 7) is 0.794. The van der Waals surface area contributed by atoms with Gasteiger partial charge < -0.3 is 15.5 Å². The minimum absolute atomic E-state index is 0.145. The van der Waals surface area contributed by atoms with Crippen molar-refractivity contribution in [2.75, 3.05) is 6.61 Å². The lowest BCUT2D eigenvalue weighted by Gasteiger charge is -2.27. The van der Waals surface area contributed by atoms with E-state index in [2.05, 4.69) is 5.32 Å². The molecule has 1 aliphatic rings. The van der Waals surface area contributed by atoms with Gasteiger partial charge in [0, 0.05) is 22.3 Å². The third kappa shape index (κ3) is 2.86. The highest BCUT2D eigenvalue weighted by atomic mass is 32.1. The standard InChI is InChI=1S/C12H17NO3S/c14-8-12(3-1-2-4-12)13-6-10-5-9(7-17-10)11(15)16/h5,7,13-14H,1-4,6,8H2,(H,15,16). The number of hydrogen-bond donors (Lipinski definition) is 3. The second-order valence-corrected chi connectivity index (χ2v) is 5.60. The van der Waals surface area contributed by atoms with Gasteiger partial charge in [0.2, 0.25) is 0 Å². The van der Waals surface area contributed by atoms with Gasteiger partial charge in [-0.25, -0.2) is 4.79 Å². The van der Waals surface area contributed by atoms with Gasteiger partial charge in [0.25, 0.3) is 0 Å². The molecule has 0 bridgehead atoms. The first-order valence-electron chi connectivity index (χ1n) is 5.82. The fourth-order valence-electron chi connectivity index (χ4n) is 2.30. The van der Waals surface area contributed by atoms with Crippen molar-refractivity contribution in [2.45, 2.75) is 37.8 Å². The second-order valence-electron chi connectivity index (χ2n) is 4.61. The van der Waals surface area contributed by atoms with Crippen LogP contribution in [0.2, 0.25) is 0 Å². The lowest BCUT2D eigenvalue weighted by Crippen LogP contribution is -2.45. The highest BCUT2D eigenvalue weighted by molar-refractivity contribution is 7.10. The Morgan fingerprint density at radius 2 is 2.18 bits per heavy atom. The Hall–Kier alpha value is -0.910. The lowest BCUT2D eigenvalue weighted by atomic mass is 9.99. The van der Waals surface area contributed by atoms with Gasteiger partial charge in [0.1, 0.15) is 0 Å². The molecule has 0 amide bonds. The molecule has 0 saturated heterocycles. The number of thiophene rings is 1. The molecule has 0 radical (unpaired) electrons. The van der Waals surface area contributed by atoms with E-state index in [0.29, 0.717) is 12.1 Å². The van der Waals surface area contributed by atoms with Crippen LogP contribution >= 0.6 is 11.3 Å². The predicted molar refractivity (Wildman–Crippen MR) is 66.4 cm³/mol. The van der Waals surface area contributed by atoms with Crippen molar-refractivity contribution in [3.8, 4) is 0 Å². The summed E-state index contributed by atoms with van der Waals surface area (Å²) in [6, 6.07) is 1.69. The molecule has 1 aromatic rings. The first-order valence-corrected chi connectivity index (χ1v) is 6.70. The molecule has 1 heterocycles. The van der Waals surface area contributed by atoms with Gasteiger partial charge >= 0.3 is 5.97 Å². The van der Waals surface area contributed by atoms with E-state index >= 15 is 0 Å². The Bertz CT molecular complexity index is 396. The van der Waals surface area contributed by atoms with Crippen LogP contribution in [0.5, 0.6) is 0 Å². The monoisotopic (exact) mass is 255 g/mol. The van der Waals surface area contributed by atoms with Gasteiger partial charge in [-0.2, -0.15) is 0 Å². The Morgan fingerprint density at radius 3 is 2.71 bits per heavy atom. The number of carboxylic acids is 1. The number of hydrogen-bond acceptors (Lipinski definition) is 4. The largest absolute Gasteiger partial charge is 0.478 e. The van der Waals surface area contributed by atoms with Gasteiger partial charge in [-0.05, 0) is 18.9 Å². The maximum Gasteiger partial charge on any atom is 0.336 e. The Labute approximate surface area is 104 Å². The zero-order valence-electron chi connectivity index (χ0n) is 9.61. The van der Waals surface area contributed by atoms with E-state index in [4.69, 9.17) is 5.11 Å². The molecular formula is C12H17NO3S. The molecule has 4 nitrogen and oxygen atoms in total. The molecule has 94 valence electrons. The highest BCUT2D eigenvalue weighted by Crippen LogP contribution is 2.29. The third-order valence-electron chi connectivity index (χ3n) is 3.40. The number of aromatic carboxylic acids is 1. The number of rotatable bonds is 5. The molecule has 0 unspecified atom stereocenters. The summed E-state index contributed by atoms with van der Waals surface area (Å²) < 4.78 is 0. The highest BCUT2D eigenvalue weighted by Gasteiger charge is 2.32. The molecule has 3 N–H and O–H groups in total. The van der Waals surface area contributed by atoms with Crippen LogP contribution in [0.4, 0.5) is 0 Å². The maximum absolute atomic E-state index is 10.7. The quantitative estimate of drug-likeness (QED) is 0.751. The lowest BCUT2D eigenvalue weighted by molar-refractivity contribution is 0.0697. The first kappa shape index (κ1) is 12.5. The zero-order chi connectivity index (χ0) is 12.3. The van der Waals surface area contributed by atoms with Crippen molar-refractivity contribution in [1.82, 2.24) is 5.32 Å². The smallest absolute Gasteiger partial charge is 0.336 e. The summed E-state index contributed by atoms with van der Waals surface area (Å²) in [5.74, 6) is -0.884. The second kappa shape index (κ2) is 5.16. The minimum atomic E-state index is -0.884. The number of carboxylic acid groups (broad SMARTS) is 1. The van der Waals surface area contributed by atoms with Gasteiger partial charge in [-0.1, -0.05) is 12.8 Å². The van der Waals surface area contributed by atoms with Crippen LogP contribution in [0, 0.1) is 0 Å². The molecular weight excluding hydrogens is 238 g/mol. The average molecular weight is 255 g/mol. The first-order chi connectivity index (χ1) is 8.15. The number of aliphatic hydroxyl groups excluding tert-OH is 1. The van der Waals surface area contributed by atoms with E-state index in [1.54, 1.807) is 11.4 Å². The minimum Gasteiger partial charge on any atom is -0.478 e. The van der Waals surface area contributed by atoms with E-state index in [1.165, 1.54) is 11.3 Å². The maximum atomic E-state index is 10.7. The molecule has 1 saturated carbocycles. The summed E-state index contributed by atoms with van der Waals surface area (Å²) >= 11 is 1.45. The van der Waals surface area contributed by atoms with Crippen molar-refractivity contribution in [3.63, 3.8) is 0 Å². The van der Waals surface area contributed by atoms with Gasteiger partial charge in [-0.3, -0.25) is 0 Å². The number of nitrogens with one attached hydrogen (secondary N) is 1. The zero-order valence-corrected chi connectivity index (χ0v) is 10.4. The third-order valence-corrected chi connectivity index (χ3v) is 4.34. The molecule has 2 rings (SSSR count). The molecule has 0 aromatic carbocycles. The fourth-order valence-corrected chi connectivity index (χ4v) is 3.10. The van der Waals surface area contributed by atoms with Crippen LogP contribution in [-0.2, 0) is 6.54 Å². The van der Waals surface area contributed by atoms with Crippen LogP contribution in [0.15, 0.2) is 11.4 Å². The molecule has 1 fully saturated rings. The van der Waals surface area contributed by atoms with E-state index in [9.17, 15) is 9.90 Å². The number of aliphatic hydroxyl groups is 1. The van der Waals surface area contributed by atoms with Crippen LogP contribution in [0.3, 0.4) is 0 Å². The Balaban J connectivity index is 1.94. The van der Waals surface area contributed by atoms with Gasteiger partial charge in [-0.15, -0.1) is 11.3 Å². The predicted octanol–water partition coefficient (Wildman–Crippen LogP) is 1.84. The fraction of sp³-hybridized carbons (Fsp3) is 0.583. The van der Waals surface area contributed by atoms with Crippen LogP contribution in [0.1, 0.15) is 40.9 Å². The van der Waals surface area contributed by atoms with E-state index in [0.717, 1.165) is 30.6 Å². The Kier molecular flexibility index (Phi) is 3.81. The van der Waals surface area contributed by atoms with Crippen molar-refractivity contribution >= 4 is 17.3 Å². The SMILES string of the molecule is O=C(O)c1csc(CNC2(CO)CCCC2)c1. The van der Waals surface area contributed by atoms with Crippen molar-refractivity contribution < 1.29 is 15.0 Å². The van der Waals surface area contributed by atoms with Crippen molar-refractivity contribution in [2.24, 2.45) is 0 Å². The normalized spacial score (nSPS) is 18.4. The van der Waals surface area contributed by atoms with E-state index < -0.39 is 5.97 Å². The summed E-state index contributed by atoms with van der Waals surface area (Å²) in [5, 5.41) is 23.3. The summed E-state index contributed by atoms with van der Waals surface area (Å²) in [5.41, 5.74) is 0.198. The summed E-state index contributed by atoms with van der Waals surface area (Å²) in [6.07, 6.45) is 4.30. The van der Waals surface area contributed by atoms with E-state index in [1.807, 2.05) is 0 Å². The van der Waals surface area contributed by atoms with Crippen molar-refractivity contribution in [3.05, 3.63) is 21.9 Å². The van der Waals surface area contributed by atoms with Crippen LogP contribution in [0.25, 0.3) is 0 Å². The molecule has 17 heavy (non-hydrogen) atoms. The van der Waals surface area contributed by atoms with Gasteiger partial charge in [0.15, 0.2) is 0 Å². The Morgan fingerprint density at radius 1 is 1.47 bits per heavy atom. The molecule has 1 aliphatic carbocycles. The summed E-state index contributed by atoms with van der Waals surface area (Å²) in [4.78, 5) is 11.7.